The number of benzene rings is 2. The van der Waals surface area contributed by atoms with Crippen molar-refractivity contribution in [3.05, 3.63) is 69.8 Å². The highest BCUT2D eigenvalue weighted by atomic mass is 79.9. The first kappa shape index (κ1) is 18.4. The fourth-order valence-electron chi connectivity index (χ4n) is 2.80. The summed E-state index contributed by atoms with van der Waals surface area (Å²) in [5, 5.41) is 9.65. The number of halogens is 1. The molecule has 0 fully saturated rings. The number of carbonyl (C=O) groups excluding carboxylic acids is 1. The zero-order valence-corrected chi connectivity index (χ0v) is 16.7. The molecule has 1 amide bonds. The predicted molar refractivity (Wildman–Crippen MR) is 110 cm³/mol. The molecule has 3 N–H and O–H groups in total. The standard InChI is InChI=1S/C19H18BrN3O2S/c1-11-16(18(24)22-14-6-8-15(25-2)9-7-14)17(23-19(26)21-11)12-4-3-5-13(20)10-12/h3-10,17H,1-2H3,(H,22,24)(H2,21,23,26)/t17-/m0/s1. The summed E-state index contributed by atoms with van der Waals surface area (Å²) < 4.78 is 6.08. The number of methoxy groups -OCH3 is 1. The van der Waals surface area contributed by atoms with E-state index in [1.807, 2.05) is 31.2 Å². The van der Waals surface area contributed by atoms with Gasteiger partial charge in [0.1, 0.15) is 5.75 Å². The van der Waals surface area contributed by atoms with E-state index in [1.54, 1.807) is 31.4 Å². The molecule has 26 heavy (non-hydrogen) atoms. The zero-order valence-electron chi connectivity index (χ0n) is 14.3. The Morgan fingerprint density at radius 1 is 1.23 bits per heavy atom. The summed E-state index contributed by atoms with van der Waals surface area (Å²) in [4.78, 5) is 13.0. The molecule has 2 aromatic rings. The third-order valence-electron chi connectivity index (χ3n) is 4.04. The van der Waals surface area contributed by atoms with Crippen molar-refractivity contribution in [1.29, 1.82) is 0 Å². The Morgan fingerprint density at radius 3 is 2.62 bits per heavy atom. The van der Waals surface area contributed by atoms with E-state index in [-0.39, 0.29) is 11.9 Å². The molecule has 0 spiro atoms. The number of hydrogen-bond donors (Lipinski definition) is 3. The number of nitrogens with one attached hydrogen (secondary N) is 3. The topological polar surface area (TPSA) is 62.4 Å². The van der Waals surface area contributed by atoms with Crippen LogP contribution in [0.3, 0.4) is 0 Å². The Balaban J connectivity index is 1.91. The first-order valence-corrected chi connectivity index (χ1v) is 9.17. The number of hydrogen-bond acceptors (Lipinski definition) is 3. The maximum atomic E-state index is 13.0. The number of rotatable bonds is 4. The molecular formula is C19H18BrN3O2S. The lowest BCUT2D eigenvalue weighted by molar-refractivity contribution is -0.113. The number of thiocarbonyl (C=S) groups is 1. The number of ether oxygens (including phenoxy) is 1. The second-order valence-corrected chi connectivity index (χ2v) is 7.13. The number of amides is 1. The summed E-state index contributed by atoms with van der Waals surface area (Å²) in [7, 11) is 1.60. The van der Waals surface area contributed by atoms with Crippen molar-refractivity contribution in [2.24, 2.45) is 0 Å². The van der Waals surface area contributed by atoms with Crippen molar-refractivity contribution in [1.82, 2.24) is 10.6 Å². The lowest BCUT2D eigenvalue weighted by Crippen LogP contribution is -2.45. The molecule has 0 saturated carbocycles. The Bertz CT molecular complexity index is 881. The molecular weight excluding hydrogens is 414 g/mol. The van der Waals surface area contributed by atoms with Crippen LogP contribution in [-0.4, -0.2) is 18.1 Å². The molecule has 2 aromatic carbocycles. The van der Waals surface area contributed by atoms with E-state index >= 15 is 0 Å². The summed E-state index contributed by atoms with van der Waals surface area (Å²) in [5.74, 6) is 0.539. The molecule has 1 heterocycles. The van der Waals surface area contributed by atoms with E-state index in [2.05, 4.69) is 31.9 Å². The minimum absolute atomic E-state index is 0.194. The van der Waals surface area contributed by atoms with E-state index in [9.17, 15) is 4.79 Å². The largest absolute Gasteiger partial charge is 0.497 e. The second kappa shape index (κ2) is 7.88. The SMILES string of the molecule is COc1ccc(NC(=O)C2=C(C)NC(=S)N[C@H]2c2cccc(Br)c2)cc1. The van der Waals surface area contributed by atoms with Gasteiger partial charge in [-0.05, 0) is 61.1 Å². The van der Waals surface area contributed by atoms with Crippen molar-refractivity contribution in [3.8, 4) is 5.75 Å². The van der Waals surface area contributed by atoms with Crippen molar-refractivity contribution in [2.75, 3.05) is 12.4 Å². The van der Waals surface area contributed by atoms with Crippen LogP contribution in [0.5, 0.6) is 5.75 Å². The van der Waals surface area contributed by atoms with Crippen LogP contribution in [0.15, 0.2) is 64.3 Å². The third-order valence-corrected chi connectivity index (χ3v) is 4.76. The van der Waals surface area contributed by atoms with Gasteiger partial charge in [0.15, 0.2) is 5.11 Å². The highest BCUT2D eigenvalue weighted by Gasteiger charge is 2.30. The van der Waals surface area contributed by atoms with Crippen molar-refractivity contribution in [3.63, 3.8) is 0 Å². The van der Waals surface area contributed by atoms with Crippen LogP contribution >= 0.6 is 28.1 Å². The minimum atomic E-state index is -0.334. The van der Waals surface area contributed by atoms with Gasteiger partial charge in [0, 0.05) is 15.9 Å². The van der Waals surface area contributed by atoms with Crippen LogP contribution in [-0.2, 0) is 4.79 Å². The molecule has 1 aliphatic rings. The highest BCUT2D eigenvalue weighted by molar-refractivity contribution is 9.10. The smallest absolute Gasteiger partial charge is 0.255 e. The summed E-state index contributed by atoms with van der Waals surface area (Å²) in [6.07, 6.45) is 0. The normalized spacial score (nSPS) is 16.6. The lowest BCUT2D eigenvalue weighted by Gasteiger charge is -2.30. The van der Waals surface area contributed by atoms with E-state index in [0.29, 0.717) is 16.4 Å². The van der Waals surface area contributed by atoms with Gasteiger partial charge in [0.2, 0.25) is 0 Å². The second-order valence-electron chi connectivity index (χ2n) is 5.81. The summed E-state index contributed by atoms with van der Waals surface area (Å²) >= 11 is 8.75. The molecule has 0 aliphatic carbocycles. The van der Waals surface area contributed by atoms with Gasteiger partial charge in [0.05, 0.1) is 18.7 Å². The molecule has 1 aliphatic heterocycles. The fourth-order valence-corrected chi connectivity index (χ4v) is 3.49. The van der Waals surface area contributed by atoms with Gasteiger partial charge in [0.25, 0.3) is 5.91 Å². The Kier molecular flexibility index (Phi) is 5.58. The molecule has 0 saturated heterocycles. The van der Waals surface area contributed by atoms with Gasteiger partial charge < -0.3 is 20.7 Å². The molecule has 1 atom stereocenters. The average molecular weight is 432 g/mol. The van der Waals surface area contributed by atoms with Gasteiger partial charge in [-0.1, -0.05) is 28.1 Å². The average Bonchev–Trinajstić information content (AvgIpc) is 2.61. The molecule has 0 bridgehead atoms. The van der Waals surface area contributed by atoms with Gasteiger partial charge >= 0.3 is 0 Å². The Morgan fingerprint density at radius 2 is 1.96 bits per heavy atom. The van der Waals surface area contributed by atoms with Crippen LogP contribution in [0, 0.1) is 0 Å². The number of anilines is 1. The quantitative estimate of drug-likeness (QED) is 0.640. The number of allylic oxidation sites excluding steroid dienone is 1. The van der Waals surface area contributed by atoms with Gasteiger partial charge in [-0.3, -0.25) is 4.79 Å². The maximum absolute atomic E-state index is 13.0. The first-order valence-electron chi connectivity index (χ1n) is 7.97. The van der Waals surface area contributed by atoms with Crippen molar-refractivity contribution < 1.29 is 9.53 Å². The van der Waals surface area contributed by atoms with Crippen LogP contribution in [0.4, 0.5) is 5.69 Å². The lowest BCUT2D eigenvalue weighted by atomic mass is 9.95. The molecule has 134 valence electrons. The predicted octanol–water partition coefficient (Wildman–Crippen LogP) is 3.89. The van der Waals surface area contributed by atoms with Gasteiger partial charge in [-0.25, -0.2) is 0 Å². The van der Waals surface area contributed by atoms with Crippen molar-refractivity contribution >= 4 is 44.9 Å². The van der Waals surface area contributed by atoms with E-state index in [4.69, 9.17) is 17.0 Å². The number of carbonyl (C=O) groups is 1. The summed E-state index contributed by atoms with van der Waals surface area (Å²) in [6, 6.07) is 14.7. The molecule has 7 heteroatoms. The monoisotopic (exact) mass is 431 g/mol. The molecule has 5 nitrogen and oxygen atoms in total. The molecule has 0 unspecified atom stereocenters. The first-order chi connectivity index (χ1) is 12.5. The van der Waals surface area contributed by atoms with Crippen LogP contribution in [0.1, 0.15) is 18.5 Å². The van der Waals surface area contributed by atoms with Gasteiger partial charge in [-0.15, -0.1) is 0 Å². The van der Waals surface area contributed by atoms with Crippen LogP contribution < -0.4 is 20.7 Å². The maximum Gasteiger partial charge on any atom is 0.255 e. The molecule has 0 aromatic heterocycles. The fraction of sp³-hybridized carbons (Fsp3) is 0.158. The Labute approximate surface area is 165 Å². The molecule has 3 rings (SSSR count). The van der Waals surface area contributed by atoms with E-state index in [0.717, 1.165) is 21.5 Å². The van der Waals surface area contributed by atoms with Crippen molar-refractivity contribution in [2.45, 2.75) is 13.0 Å². The zero-order chi connectivity index (χ0) is 18.7. The van der Waals surface area contributed by atoms with Crippen LogP contribution in [0.2, 0.25) is 0 Å². The minimum Gasteiger partial charge on any atom is -0.497 e. The van der Waals surface area contributed by atoms with E-state index in [1.165, 1.54) is 0 Å². The van der Waals surface area contributed by atoms with Crippen LogP contribution in [0.25, 0.3) is 0 Å². The van der Waals surface area contributed by atoms with Gasteiger partial charge in [-0.2, -0.15) is 0 Å². The highest BCUT2D eigenvalue weighted by Crippen LogP contribution is 2.29. The Hall–Kier alpha value is -2.38. The molecule has 0 radical (unpaired) electrons. The summed E-state index contributed by atoms with van der Waals surface area (Å²) in [5.41, 5.74) is 2.96. The third kappa shape index (κ3) is 4.05. The summed E-state index contributed by atoms with van der Waals surface area (Å²) in [6.45, 7) is 1.85. The van der Waals surface area contributed by atoms with E-state index < -0.39 is 0 Å².